The van der Waals surface area contributed by atoms with Crippen LogP contribution in [0.5, 0.6) is 0 Å². The summed E-state index contributed by atoms with van der Waals surface area (Å²) in [5.41, 5.74) is -0.0214. The highest BCUT2D eigenvalue weighted by Crippen LogP contribution is 2.21. The lowest BCUT2D eigenvalue weighted by Gasteiger charge is -2.19. The van der Waals surface area contributed by atoms with E-state index in [0.29, 0.717) is 10.5 Å². The summed E-state index contributed by atoms with van der Waals surface area (Å²) in [6.45, 7) is 7.14. The Balaban J connectivity index is 2.82. The van der Waals surface area contributed by atoms with E-state index in [9.17, 15) is 9.59 Å². The van der Waals surface area contributed by atoms with Crippen LogP contribution in [0, 0.1) is 0 Å². The van der Waals surface area contributed by atoms with Crippen molar-refractivity contribution >= 4 is 29.4 Å². The Morgan fingerprint density at radius 3 is 2.42 bits per heavy atom. The fraction of sp³-hybridized carbons (Fsp3) is 0.429. The van der Waals surface area contributed by atoms with E-state index in [1.807, 2.05) is 20.8 Å². The molecule has 0 atom stereocenters. The summed E-state index contributed by atoms with van der Waals surface area (Å²) in [6.07, 6.45) is 1.70. The number of esters is 2. The predicted molar refractivity (Wildman–Crippen MR) is 75.2 cm³/mol. The molecule has 0 saturated heterocycles. The van der Waals surface area contributed by atoms with Gasteiger partial charge in [0.1, 0.15) is 10.5 Å². The molecule has 0 aliphatic rings. The first-order valence-corrected chi connectivity index (χ1v) is 6.64. The third kappa shape index (κ3) is 4.87. The van der Waals surface area contributed by atoms with E-state index in [0.717, 1.165) is 4.88 Å². The SMILES string of the molecule is COC(=O)c1ccc(/C=C(\C)C(=O)OC(C)(C)C)s1. The van der Waals surface area contributed by atoms with Gasteiger partial charge in [-0.3, -0.25) is 0 Å². The maximum absolute atomic E-state index is 11.8. The molecule has 0 saturated carbocycles. The standard InChI is InChI=1S/C14H18O4S/c1-9(12(15)18-14(2,3)4)8-10-6-7-11(19-10)13(16)17-5/h6-8H,1-5H3/b9-8+. The molecule has 19 heavy (non-hydrogen) atoms. The smallest absolute Gasteiger partial charge is 0.348 e. The fourth-order valence-electron chi connectivity index (χ4n) is 1.27. The average molecular weight is 282 g/mol. The van der Waals surface area contributed by atoms with Crippen LogP contribution >= 0.6 is 11.3 Å². The zero-order valence-electron chi connectivity index (χ0n) is 11.8. The number of rotatable bonds is 3. The molecule has 0 N–H and O–H groups in total. The lowest BCUT2D eigenvalue weighted by atomic mass is 10.2. The Bertz CT molecular complexity index is 506. The zero-order valence-corrected chi connectivity index (χ0v) is 12.6. The summed E-state index contributed by atoms with van der Waals surface area (Å²) in [5, 5.41) is 0. The second-order valence-electron chi connectivity index (χ2n) is 5.02. The first-order valence-electron chi connectivity index (χ1n) is 5.83. The molecule has 1 rings (SSSR count). The molecule has 0 spiro atoms. The van der Waals surface area contributed by atoms with Crippen LogP contribution in [0.15, 0.2) is 17.7 Å². The van der Waals surface area contributed by atoms with Gasteiger partial charge in [0.05, 0.1) is 7.11 Å². The molecule has 1 aromatic heterocycles. The lowest BCUT2D eigenvalue weighted by Crippen LogP contribution is -2.24. The minimum absolute atomic E-state index is 0.361. The first-order chi connectivity index (χ1) is 8.73. The number of carbonyl (C=O) groups excluding carboxylic acids is 2. The maximum Gasteiger partial charge on any atom is 0.348 e. The van der Waals surface area contributed by atoms with Crippen molar-refractivity contribution in [2.75, 3.05) is 7.11 Å². The van der Waals surface area contributed by atoms with Crippen molar-refractivity contribution in [2.45, 2.75) is 33.3 Å². The van der Waals surface area contributed by atoms with Gasteiger partial charge >= 0.3 is 11.9 Å². The third-order valence-electron chi connectivity index (χ3n) is 2.09. The Hall–Kier alpha value is -1.62. The number of ether oxygens (including phenoxy) is 2. The second kappa shape index (κ2) is 6.02. The highest BCUT2D eigenvalue weighted by atomic mass is 32.1. The van der Waals surface area contributed by atoms with Gasteiger partial charge in [-0.1, -0.05) is 0 Å². The minimum Gasteiger partial charge on any atom is -0.465 e. The molecule has 0 amide bonds. The first kappa shape index (κ1) is 15.4. The zero-order chi connectivity index (χ0) is 14.6. The van der Waals surface area contributed by atoms with Crippen molar-refractivity contribution in [2.24, 2.45) is 0 Å². The molecule has 0 radical (unpaired) electrons. The predicted octanol–water partition coefficient (Wildman–Crippen LogP) is 3.28. The fourth-order valence-corrected chi connectivity index (χ4v) is 2.20. The van der Waals surface area contributed by atoms with Crippen molar-refractivity contribution in [1.29, 1.82) is 0 Å². The molecule has 0 fully saturated rings. The lowest BCUT2D eigenvalue weighted by molar-refractivity contribution is -0.149. The van der Waals surface area contributed by atoms with E-state index < -0.39 is 5.60 Å². The number of hydrogen-bond donors (Lipinski definition) is 0. The van der Waals surface area contributed by atoms with Crippen molar-refractivity contribution in [3.63, 3.8) is 0 Å². The van der Waals surface area contributed by atoms with Crippen molar-refractivity contribution in [1.82, 2.24) is 0 Å². The molecule has 0 aliphatic heterocycles. The van der Waals surface area contributed by atoms with Crippen LogP contribution in [0.2, 0.25) is 0 Å². The van der Waals surface area contributed by atoms with Crippen LogP contribution in [0.25, 0.3) is 6.08 Å². The molecular formula is C14H18O4S. The summed E-state index contributed by atoms with van der Waals surface area (Å²) in [6, 6.07) is 3.44. The Morgan fingerprint density at radius 2 is 1.89 bits per heavy atom. The molecule has 104 valence electrons. The number of methoxy groups -OCH3 is 1. The Labute approximate surface area is 117 Å². The molecule has 0 aromatic carbocycles. The van der Waals surface area contributed by atoms with E-state index in [1.54, 1.807) is 25.1 Å². The van der Waals surface area contributed by atoms with Crippen molar-refractivity contribution in [3.8, 4) is 0 Å². The molecular weight excluding hydrogens is 264 g/mol. The molecule has 0 aliphatic carbocycles. The second-order valence-corrected chi connectivity index (χ2v) is 6.14. The molecule has 0 bridgehead atoms. The normalized spacial score (nSPS) is 12.2. The summed E-state index contributed by atoms with van der Waals surface area (Å²) in [5.74, 6) is -0.736. The van der Waals surface area contributed by atoms with E-state index in [-0.39, 0.29) is 11.9 Å². The van der Waals surface area contributed by atoms with Crippen LogP contribution < -0.4 is 0 Å². The van der Waals surface area contributed by atoms with Gasteiger partial charge in [0, 0.05) is 10.5 Å². The van der Waals surface area contributed by atoms with Gasteiger partial charge < -0.3 is 9.47 Å². The highest BCUT2D eigenvalue weighted by molar-refractivity contribution is 7.14. The Morgan fingerprint density at radius 1 is 1.26 bits per heavy atom. The van der Waals surface area contributed by atoms with E-state index in [2.05, 4.69) is 4.74 Å². The van der Waals surface area contributed by atoms with Crippen LogP contribution in [-0.2, 0) is 14.3 Å². The van der Waals surface area contributed by atoms with Crippen LogP contribution in [0.4, 0.5) is 0 Å². The Kier molecular flexibility index (Phi) is 4.89. The third-order valence-corrected chi connectivity index (χ3v) is 3.11. The van der Waals surface area contributed by atoms with E-state index in [1.165, 1.54) is 18.4 Å². The van der Waals surface area contributed by atoms with Gasteiger partial charge in [-0.2, -0.15) is 0 Å². The van der Waals surface area contributed by atoms with Gasteiger partial charge in [0.15, 0.2) is 0 Å². The van der Waals surface area contributed by atoms with E-state index in [4.69, 9.17) is 4.74 Å². The number of hydrogen-bond acceptors (Lipinski definition) is 5. The van der Waals surface area contributed by atoms with Gasteiger partial charge in [0.2, 0.25) is 0 Å². The topological polar surface area (TPSA) is 52.6 Å². The summed E-state index contributed by atoms with van der Waals surface area (Å²) in [4.78, 5) is 24.4. The minimum atomic E-state index is -0.515. The van der Waals surface area contributed by atoms with Crippen LogP contribution in [0.1, 0.15) is 42.2 Å². The van der Waals surface area contributed by atoms with Gasteiger partial charge in [-0.15, -0.1) is 11.3 Å². The summed E-state index contributed by atoms with van der Waals surface area (Å²) in [7, 11) is 1.34. The number of carbonyl (C=O) groups is 2. The van der Waals surface area contributed by atoms with E-state index >= 15 is 0 Å². The quantitative estimate of drug-likeness (QED) is 0.630. The molecule has 4 nitrogen and oxygen atoms in total. The highest BCUT2D eigenvalue weighted by Gasteiger charge is 2.17. The summed E-state index contributed by atoms with van der Waals surface area (Å²) >= 11 is 1.27. The van der Waals surface area contributed by atoms with Gasteiger partial charge in [-0.25, -0.2) is 9.59 Å². The average Bonchev–Trinajstić information content (AvgIpc) is 2.74. The van der Waals surface area contributed by atoms with Crippen LogP contribution in [-0.4, -0.2) is 24.6 Å². The van der Waals surface area contributed by atoms with Gasteiger partial charge in [-0.05, 0) is 45.9 Å². The molecule has 1 aromatic rings. The molecule has 1 heterocycles. The number of thiophene rings is 1. The summed E-state index contributed by atoms with van der Waals surface area (Å²) < 4.78 is 9.88. The monoisotopic (exact) mass is 282 g/mol. The van der Waals surface area contributed by atoms with Crippen molar-refractivity contribution < 1.29 is 19.1 Å². The van der Waals surface area contributed by atoms with Gasteiger partial charge in [0.25, 0.3) is 0 Å². The van der Waals surface area contributed by atoms with Crippen molar-refractivity contribution in [3.05, 3.63) is 27.5 Å². The maximum atomic E-state index is 11.8. The largest absolute Gasteiger partial charge is 0.465 e. The molecule has 0 unspecified atom stereocenters. The molecule has 5 heteroatoms. The van der Waals surface area contributed by atoms with Crippen LogP contribution in [0.3, 0.4) is 0 Å².